The van der Waals surface area contributed by atoms with Gasteiger partial charge in [0.25, 0.3) is 0 Å². The van der Waals surface area contributed by atoms with E-state index < -0.39 is 0 Å². The van der Waals surface area contributed by atoms with Crippen molar-refractivity contribution < 1.29 is 9.53 Å². The number of benzene rings is 3. The molecule has 1 saturated heterocycles. The molecule has 1 fully saturated rings. The van der Waals surface area contributed by atoms with E-state index >= 15 is 0 Å². The highest BCUT2D eigenvalue weighted by Crippen LogP contribution is 2.28. The van der Waals surface area contributed by atoms with Gasteiger partial charge in [0.05, 0.1) is 18.5 Å². The van der Waals surface area contributed by atoms with E-state index in [1.165, 1.54) is 11.8 Å². The van der Waals surface area contributed by atoms with Crippen LogP contribution in [-0.2, 0) is 16.0 Å². The fraction of sp³-hybridized carbons (Fsp3) is 0.250. The van der Waals surface area contributed by atoms with Gasteiger partial charge in [0, 0.05) is 36.6 Å². The molecule has 1 aliphatic heterocycles. The number of nitrogens with one attached hydrogen (secondary N) is 1. The number of thioether (sulfide) groups is 1. The van der Waals surface area contributed by atoms with Crippen molar-refractivity contribution in [2.24, 2.45) is 0 Å². The van der Waals surface area contributed by atoms with Crippen LogP contribution in [0.2, 0.25) is 0 Å². The maximum Gasteiger partial charge on any atom is 0.237 e. The molecule has 0 radical (unpaired) electrons. The third-order valence-corrected chi connectivity index (χ3v) is 7.12. The molecule has 2 heterocycles. The number of para-hydroxylation sites is 1. The summed E-state index contributed by atoms with van der Waals surface area (Å²) >= 11 is 1.40. The normalized spacial score (nSPS) is 14.4. The summed E-state index contributed by atoms with van der Waals surface area (Å²) in [6.07, 6.45) is 0.652. The smallest absolute Gasteiger partial charge is 0.237 e. The highest BCUT2D eigenvalue weighted by molar-refractivity contribution is 8.00. The monoisotopic (exact) mass is 499 g/mol. The van der Waals surface area contributed by atoms with Crippen LogP contribution in [0.25, 0.3) is 5.69 Å². The van der Waals surface area contributed by atoms with E-state index in [9.17, 15) is 4.79 Å². The van der Waals surface area contributed by atoms with E-state index in [4.69, 9.17) is 4.74 Å². The molecule has 0 spiro atoms. The predicted molar refractivity (Wildman–Crippen MR) is 144 cm³/mol. The molecule has 1 amide bonds. The van der Waals surface area contributed by atoms with Gasteiger partial charge in [-0.25, -0.2) is 0 Å². The number of carbonyl (C=O) groups is 1. The van der Waals surface area contributed by atoms with Gasteiger partial charge in [-0.05, 0) is 48.9 Å². The maximum absolute atomic E-state index is 13.0. The van der Waals surface area contributed by atoms with Crippen LogP contribution in [0.1, 0.15) is 18.3 Å². The molecule has 36 heavy (non-hydrogen) atoms. The number of carbonyl (C=O) groups excluding carboxylic acids is 1. The SMILES string of the molecule is CC(Sc1nnc(Cc2ccccc2)n1-c1ccccc1)C(=O)Nc1ccc(N2CCOCC2)cc1. The van der Waals surface area contributed by atoms with Crippen LogP contribution in [0.5, 0.6) is 0 Å². The lowest BCUT2D eigenvalue weighted by atomic mass is 10.1. The van der Waals surface area contributed by atoms with E-state index in [2.05, 4.69) is 32.5 Å². The standard InChI is InChI=1S/C28H29N5O2S/c1-21(27(34)29-23-12-14-24(15-13-23)32-16-18-35-19-17-32)36-28-31-30-26(20-22-8-4-2-5-9-22)33(28)25-10-6-3-7-11-25/h2-15,21H,16-20H2,1H3,(H,29,34). The van der Waals surface area contributed by atoms with Gasteiger partial charge in [0.1, 0.15) is 5.82 Å². The second-order valence-corrected chi connectivity index (χ2v) is 9.94. The lowest BCUT2D eigenvalue weighted by Crippen LogP contribution is -2.36. The molecule has 7 nitrogen and oxygen atoms in total. The summed E-state index contributed by atoms with van der Waals surface area (Å²) in [5.41, 5.74) is 4.05. The quantitative estimate of drug-likeness (QED) is 0.351. The fourth-order valence-corrected chi connectivity index (χ4v) is 5.02. The Balaban J connectivity index is 1.29. The number of morpholine rings is 1. The van der Waals surface area contributed by atoms with Crippen molar-refractivity contribution in [3.8, 4) is 5.69 Å². The van der Waals surface area contributed by atoms with Crippen molar-refractivity contribution in [3.05, 3.63) is 96.3 Å². The molecule has 4 aromatic rings. The summed E-state index contributed by atoms with van der Waals surface area (Å²) in [5.74, 6) is 0.757. The molecule has 0 saturated carbocycles. The average Bonchev–Trinajstić information content (AvgIpc) is 3.32. The lowest BCUT2D eigenvalue weighted by Gasteiger charge is -2.28. The van der Waals surface area contributed by atoms with Crippen molar-refractivity contribution in [2.45, 2.75) is 23.8 Å². The van der Waals surface area contributed by atoms with Crippen LogP contribution in [0.3, 0.4) is 0 Å². The molecule has 1 N–H and O–H groups in total. The van der Waals surface area contributed by atoms with E-state index in [1.54, 1.807) is 0 Å². The van der Waals surface area contributed by atoms with E-state index in [1.807, 2.05) is 84.3 Å². The number of nitrogens with zero attached hydrogens (tertiary/aromatic N) is 4. The van der Waals surface area contributed by atoms with Gasteiger partial charge in [-0.15, -0.1) is 10.2 Å². The number of ether oxygens (including phenoxy) is 1. The number of anilines is 2. The number of rotatable bonds is 8. The molecule has 1 unspecified atom stereocenters. The first-order chi connectivity index (χ1) is 17.7. The van der Waals surface area contributed by atoms with Crippen molar-refractivity contribution in [2.75, 3.05) is 36.5 Å². The summed E-state index contributed by atoms with van der Waals surface area (Å²) in [5, 5.41) is 12.3. The molecule has 184 valence electrons. The molecule has 8 heteroatoms. The molecule has 3 aromatic carbocycles. The van der Waals surface area contributed by atoms with Gasteiger partial charge in [-0.1, -0.05) is 60.3 Å². The Morgan fingerprint density at radius 3 is 2.28 bits per heavy atom. The highest BCUT2D eigenvalue weighted by atomic mass is 32.2. The van der Waals surface area contributed by atoms with Crippen molar-refractivity contribution >= 4 is 29.0 Å². The number of hydrogen-bond donors (Lipinski definition) is 1. The van der Waals surface area contributed by atoms with Crippen LogP contribution in [0, 0.1) is 0 Å². The first-order valence-electron chi connectivity index (χ1n) is 12.1. The third kappa shape index (κ3) is 5.78. The fourth-order valence-electron chi connectivity index (χ4n) is 4.14. The predicted octanol–water partition coefficient (Wildman–Crippen LogP) is 4.81. The van der Waals surface area contributed by atoms with Gasteiger partial charge >= 0.3 is 0 Å². The maximum atomic E-state index is 13.0. The molecule has 1 aliphatic rings. The number of amides is 1. The first kappa shape index (κ1) is 24.1. The zero-order valence-corrected chi connectivity index (χ0v) is 21.0. The molecule has 1 aromatic heterocycles. The Bertz CT molecular complexity index is 1270. The summed E-state index contributed by atoms with van der Waals surface area (Å²) in [7, 11) is 0. The van der Waals surface area contributed by atoms with E-state index in [0.29, 0.717) is 11.6 Å². The minimum atomic E-state index is -0.361. The Morgan fingerprint density at radius 2 is 1.58 bits per heavy atom. The summed E-state index contributed by atoms with van der Waals surface area (Å²) in [4.78, 5) is 15.3. The minimum absolute atomic E-state index is 0.0775. The van der Waals surface area contributed by atoms with E-state index in [0.717, 1.165) is 54.8 Å². The minimum Gasteiger partial charge on any atom is -0.378 e. The van der Waals surface area contributed by atoms with Crippen LogP contribution in [0.15, 0.2) is 90.1 Å². The van der Waals surface area contributed by atoms with Gasteiger partial charge in [-0.2, -0.15) is 0 Å². The Hall–Kier alpha value is -3.62. The van der Waals surface area contributed by atoms with Gasteiger partial charge in [0.15, 0.2) is 5.16 Å². The molecule has 0 bridgehead atoms. The zero-order chi connectivity index (χ0) is 24.7. The zero-order valence-electron chi connectivity index (χ0n) is 20.2. The van der Waals surface area contributed by atoms with E-state index in [-0.39, 0.29) is 11.2 Å². The molecular formula is C28H29N5O2S. The molecular weight excluding hydrogens is 470 g/mol. The highest BCUT2D eigenvalue weighted by Gasteiger charge is 2.21. The van der Waals surface area contributed by atoms with Crippen LogP contribution < -0.4 is 10.2 Å². The first-order valence-corrected chi connectivity index (χ1v) is 13.0. The second-order valence-electron chi connectivity index (χ2n) is 8.63. The molecule has 0 aliphatic carbocycles. The lowest BCUT2D eigenvalue weighted by molar-refractivity contribution is -0.115. The summed E-state index contributed by atoms with van der Waals surface area (Å²) in [6, 6.07) is 28.2. The van der Waals surface area contributed by atoms with Crippen molar-refractivity contribution in [1.82, 2.24) is 14.8 Å². The third-order valence-electron chi connectivity index (χ3n) is 6.08. The van der Waals surface area contributed by atoms with Gasteiger partial charge in [-0.3, -0.25) is 9.36 Å². The Morgan fingerprint density at radius 1 is 0.917 bits per heavy atom. The largest absolute Gasteiger partial charge is 0.378 e. The number of hydrogen-bond acceptors (Lipinski definition) is 6. The summed E-state index contributed by atoms with van der Waals surface area (Å²) < 4.78 is 7.47. The van der Waals surface area contributed by atoms with Gasteiger partial charge in [0.2, 0.25) is 5.91 Å². The molecule has 1 atom stereocenters. The molecule has 5 rings (SSSR count). The van der Waals surface area contributed by atoms with Crippen LogP contribution in [-0.4, -0.2) is 52.2 Å². The van der Waals surface area contributed by atoms with Gasteiger partial charge < -0.3 is 15.0 Å². The number of aromatic nitrogens is 3. The van der Waals surface area contributed by atoms with Crippen LogP contribution in [0.4, 0.5) is 11.4 Å². The summed E-state index contributed by atoms with van der Waals surface area (Å²) in [6.45, 7) is 5.15. The Labute approximate surface area is 215 Å². The topological polar surface area (TPSA) is 72.3 Å². The van der Waals surface area contributed by atoms with Crippen LogP contribution >= 0.6 is 11.8 Å². The van der Waals surface area contributed by atoms with Crippen molar-refractivity contribution in [3.63, 3.8) is 0 Å². The van der Waals surface area contributed by atoms with Crippen molar-refractivity contribution in [1.29, 1.82) is 0 Å². The average molecular weight is 500 g/mol. The Kier molecular flexibility index (Phi) is 7.64. The second kappa shape index (κ2) is 11.4.